The molecule has 2 rings (SSSR count). The van der Waals surface area contributed by atoms with Crippen LogP contribution in [0.5, 0.6) is 0 Å². The topological polar surface area (TPSA) is 54.9 Å². The molecule has 1 saturated carbocycles. The zero-order valence-corrected chi connectivity index (χ0v) is 8.49. The van der Waals surface area contributed by atoms with Crippen LogP contribution in [-0.2, 0) is 11.3 Å². The minimum atomic E-state index is -2.66. The maximum Gasteiger partial charge on any atom is 0.249 e. The summed E-state index contributed by atoms with van der Waals surface area (Å²) in [6, 6.07) is 0. The van der Waals surface area contributed by atoms with E-state index in [1.165, 1.54) is 18.6 Å². The third kappa shape index (κ3) is 2.50. The molecule has 0 saturated heterocycles. The predicted molar refractivity (Wildman–Crippen MR) is 51.5 cm³/mol. The second-order valence-corrected chi connectivity index (χ2v) is 3.88. The molecule has 1 fully saturated rings. The van der Waals surface area contributed by atoms with Crippen molar-refractivity contribution in [3.05, 3.63) is 24.3 Å². The number of carbonyl (C=O) groups is 1. The Hall–Kier alpha value is -1.59. The van der Waals surface area contributed by atoms with E-state index in [2.05, 4.69) is 15.3 Å². The van der Waals surface area contributed by atoms with E-state index in [1.807, 2.05) is 0 Å². The first kappa shape index (κ1) is 10.9. The van der Waals surface area contributed by atoms with Crippen molar-refractivity contribution in [3.8, 4) is 0 Å². The molecule has 16 heavy (non-hydrogen) atoms. The number of hydrogen-bond acceptors (Lipinski definition) is 3. The first-order valence-electron chi connectivity index (χ1n) is 4.97. The van der Waals surface area contributed by atoms with Gasteiger partial charge >= 0.3 is 0 Å². The molecule has 1 aliphatic rings. The predicted octanol–water partition coefficient (Wildman–Crippen LogP) is 1.14. The van der Waals surface area contributed by atoms with Crippen LogP contribution in [0.2, 0.25) is 0 Å². The summed E-state index contributed by atoms with van der Waals surface area (Å²) in [5.41, 5.74) is 0.613. The van der Waals surface area contributed by atoms with Crippen LogP contribution in [0.4, 0.5) is 8.78 Å². The number of nitrogens with one attached hydrogen (secondary N) is 1. The van der Waals surface area contributed by atoms with E-state index in [-0.39, 0.29) is 25.3 Å². The largest absolute Gasteiger partial charge is 0.350 e. The molecular formula is C10H11F2N3O. The number of carbonyl (C=O) groups excluding carboxylic acids is 1. The molecule has 1 heterocycles. The highest BCUT2D eigenvalue weighted by Gasteiger charge is 2.48. The van der Waals surface area contributed by atoms with Crippen molar-refractivity contribution in [2.75, 3.05) is 0 Å². The Morgan fingerprint density at radius 2 is 2.25 bits per heavy atom. The maximum absolute atomic E-state index is 12.5. The molecule has 0 radical (unpaired) electrons. The molecule has 6 heteroatoms. The van der Waals surface area contributed by atoms with E-state index in [0.717, 1.165) is 0 Å². The maximum atomic E-state index is 12.5. The van der Waals surface area contributed by atoms with Gasteiger partial charge in [0.2, 0.25) is 11.8 Å². The quantitative estimate of drug-likeness (QED) is 0.842. The normalized spacial score (nSPS) is 18.9. The highest BCUT2D eigenvalue weighted by atomic mass is 19.3. The first-order valence-corrected chi connectivity index (χ1v) is 4.97. The molecule has 86 valence electrons. The van der Waals surface area contributed by atoms with E-state index in [4.69, 9.17) is 0 Å². The fraction of sp³-hybridized carbons (Fsp3) is 0.500. The van der Waals surface area contributed by atoms with E-state index in [0.29, 0.717) is 5.69 Å². The van der Waals surface area contributed by atoms with E-state index >= 15 is 0 Å². The Kier molecular flexibility index (Phi) is 2.80. The van der Waals surface area contributed by atoms with Gasteiger partial charge in [-0.3, -0.25) is 14.8 Å². The van der Waals surface area contributed by atoms with Crippen LogP contribution < -0.4 is 5.32 Å². The highest BCUT2D eigenvalue weighted by molar-refractivity contribution is 5.79. The van der Waals surface area contributed by atoms with Gasteiger partial charge in [0.15, 0.2) is 0 Å². The van der Waals surface area contributed by atoms with Gasteiger partial charge < -0.3 is 5.32 Å². The molecule has 1 amide bonds. The van der Waals surface area contributed by atoms with Crippen LogP contribution in [0.25, 0.3) is 0 Å². The van der Waals surface area contributed by atoms with Crippen LogP contribution in [0.1, 0.15) is 18.5 Å². The number of halogens is 2. The monoisotopic (exact) mass is 227 g/mol. The number of hydrogen-bond donors (Lipinski definition) is 1. The molecule has 0 unspecified atom stereocenters. The van der Waals surface area contributed by atoms with E-state index in [1.54, 1.807) is 0 Å². The lowest BCUT2D eigenvalue weighted by Crippen LogP contribution is -2.44. The summed E-state index contributed by atoms with van der Waals surface area (Å²) in [5.74, 6) is -3.56. The summed E-state index contributed by atoms with van der Waals surface area (Å²) in [5, 5.41) is 2.56. The van der Waals surface area contributed by atoms with Crippen LogP contribution in [-0.4, -0.2) is 21.8 Å². The molecule has 0 bridgehead atoms. The molecule has 0 aliphatic heterocycles. The number of rotatable bonds is 3. The van der Waals surface area contributed by atoms with Crippen molar-refractivity contribution in [1.82, 2.24) is 15.3 Å². The Labute approximate surface area is 91.1 Å². The molecule has 0 aromatic carbocycles. The lowest BCUT2D eigenvalue weighted by atomic mass is 9.81. The SMILES string of the molecule is O=C(NCc1cnccn1)C1CC(F)(F)C1. The average Bonchev–Trinajstić information content (AvgIpc) is 2.24. The molecule has 1 aliphatic carbocycles. The van der Waals surface area contributed by atoms with Crippen molar-refractivity contribution in [2.45, 2.75) is 25.3 Å². The number of alkyl halides is 2. The summed E-state index contributed by atoms with van der Waals surface area (Å²) >= 11 is 0. The molecule has 0 atom stereocenters. The van der Waals surface area contributed by atoms with E-state index < -0.39 is 11.8 Å². The lowest BCUT2D eigenvalue weighted by molar-refractivity contribution is -0.150. The summed E-state index contributed by atoms with van der Waals surface area (Å²) in [6.45, 7) is 0.231. The average molecular weight is 227 g/mol. The molecule has 1 aromatic rings. The van der Waals surface area contributed by atoms with Crippen molar-refractivity contribution < 1.29 is 13.6 Å². The third-order valence-corrected chi connectivity index (χ3v) is 2.52. The van der Waals surface area contributed by atoms with Gasteiger partial charge in [0.1, 0.15) is 0 Å². The Morgan fingerprint density at radius 3 is 2.81 bits per heavy atom. The Bertz CT molecular complexity index is 375. The Morgan fingerprint density at radius 1 is 1.50 bits per heavy atom. The molecule has 1 aromatic heterocycles. The van der Waals surface area contributed by atoms with Crippen molar-refractivity contribution in [2.24, 2.45) is 5.92 Å². The fourth-order valence-electron chi connectivity index (χ4n) is 1.59. The summed E-state index contributed by atoms with van der Waals surface area (Å²) < 4.78 is 25.0. The van der Waals surface area contributed by atoms with Gasteiger partial charge in [-0.2, -0.15) is 0 Å². The van der Waals surface area contributed by atoms with Crippen LogP contribution >= 0.6 is 0 Å². The zero-order chi connectivity index (χ0) is 11.6. The minimum absolute atomic E-state index is 0.231. The van der Waals surface area contributed by atoms with Crippen molar-refractivity contribution >= 4 is 5.91 Å². The second-order valence-electron chi connectivity index (χ2n) is 3.88. The standard InChI is InChI=1S/C10H11F2N3O/c11-10(12)3-7(4-10)9(16)15-6-8-5-13-1-2-14-8/h1-2,5,7H,3-4,6H2,(H,15,16). The van der Waals surface area contributed by atoms with Crippen molar-refractivity contribution in [1.29, 1.82) is 0 Å². The number of aromatic nitrogens is 2. The first-order chi connectivity index (χ1) is 7.57. The van der Waals surface area contributed by atoms with Gasteiger partial charge in [-0.1, -0.05) is 0 Å². The van der Waals surface area contributed by atoms with Gasteiger partial charge in [-0.25, -0.2) is 8.78 Å². The van der Waals surface area contributed by atoms with Crippen molar-refractivity contribution in [3.63, 3.8) is 0 Å². The van der Waals surface area contributed by atoms with Gasteiger partial charge in [-0.15, -0.1) is 0 Å². The van der Waals surface area contributed by atoms with Gasteiger partial charge in [-0.05, 0) is 0 Å². The summed E-state index contributed by atoms with van der Waals surface area (Å²) in [7, 11) is 0. The molecule has 1 N–H and O–H groups in total. The minimum Gasteiger partial charge on any atom is -0.350 e. The highest BCUT2D eigenvalue weighted by Crippen LogP contribution is 2.42. The number of nitrogens with zero attached hydrogens (tertiary/aromatic N) is 2. The lowest BCUT2D eigenvalue weighted by Gasteiger charge is -2.33. The second kappa shape index (κ2) is 4.11. The zero-order valence-electron chi connectivity index (χ0n) is 8.49. The van der Waals surface area contributed by atoms with Gasteiger partial charge in [0.05, 0.1) is 18.4 Å². The fourth-order valence-corrected chi connectivity index (χ4v) is 1.59. The van der Waals surface area contributed by atoms with Gasteiger partial charge in [0, 0.05) is 31.2 Å². The Balaban J connectivity index is 1.77. The summed E-state index contributed by atoms with van der Waals surface area (Å²) in [4.78, 5) is 19.2. The molecule has 0 spiro atoms. The van der Waals surface area contributed by atoms with Crippen LogP contribution in [0.3, 0.4) is 0 Å². The molecular weight excluding hydrogens is 216 g/mol. The number of amides is 1. The van der Waals surface area contributed by atoms with Gasteiger partial charge in [0.25, 0.3) is 0 Å². The van der Waals surface area contributed by atoms with E-state index in [9.17, 15) is 13.6 Å². The smallest absolute Gasteiger partial charge is 0.249 e. The van der Waals surface area contributed by atoms with Crippen LogP contribution in [0, 0.1) is 5.92 Å². The molecule has 4 nitrogen and oxygen atoms in total. The van der Waals surface area contributed by atoms with Crippen LogP contribution in [0.15, 0.2) is 18.6 Å². The third-order valence-electron chi connectivity index (χ3n) is 2.52. The summed E-state index contributed by atoms with van der Waals surface area (Å²) in [6.07, 6.45) is 3.87.